The van der Waals surface area contributed by atoms with Crippen LogP contribution in [0, 0.1) is 6.92 Å². The van der Waals surface area contributed by atoms with Crippen molar-refractivity contribution in [3.05, 3.63) is 23.8 Å². The third-order valence-electron chi connectivity index (χ3n) is 2.16. The standard InChI is InChI=1S/C12H18NO2S/c1-9-8-10(15-12(14)13(2)3)6-7-11(9)16(4)5/h6-8H,1-5H3/q+1. The van der Waals surface area contributed by atoms with Crippen LogP contribution in [-0.2, 0) is 10.9 Å². The summed E-state index contributed by atoms with van der Waals surface area (Å²) >= 11 is 0. The molecule has 1 rings (SSSR count). The number of carbonyl (C=O) groups excluding carboxylic acids is 1. The van der Waals surface area contributed by atoms with E-state index in [4.69, 9.17) is 4.74 Å². The molecule has 88 valence electrons. The molecule has 1 aromatic rings. The van der Waals surface area contributed by atoms with Gasteiger partial charge >= 0.3 is 6.09 Å². The minimum absolute atomic E-state index is 0.229. The molecule has 1 aromatic carbocycles. The first-order valence-electron chi connectivity index (χ1n) is 4.99. The van der Waals surface area contributed by atoms with Crippen LogP contribution in [0.5, 0.6) is 5.75 Å². The SMILES string of the molecule is Cc1cc(OC(=O)N(C)C)ccc1[S+](C)C. The van der Waals surface area contributed by atoms with Gasteiger partial charge in [0.15, 0.2) is 4.90 Å². The van der Waals surface area contributed by atoms with Gasteiger partial charge in [-0.2, -0.15) is 0 Å². The number of ether oxygens (including phenoxy) is 1. The van der Waals surface area contributed by atoms with Crippen LogP contribution in [0.1, 0.15) is 5.56 Å². The van der Waals surface area contributed by atoms with Gasteiger partial charge in [-0.25, -0.2) is 4.79 Å². The second kappa shape index (κ2) is 5.25. The fraction of sp³-hybridized carbons (Fsp3) is 0.417. The maximum Gasteiger partial charge on any atom is 0.414 e. The third kappa shape index (κ3) is 3.17. The minimum Gasteiger partial charge on any atom is -0.410 e. The maximum atomic E-state index is 11.3. The fourth-order valence-electron chi connectivity index (χ4n) is 1.34. The van der Waals surface area contributed by atoms with Crippen LogP contribution in [0.3, 0.4) is 0 Å². The zero-order valence-electron chi connectivity index (χ0n) is 10.4. The molecule has 0 bridgehead atoms. The number of nitrogens with zero attached hydrogens (tertiary/aromatic N) is 1. The van der Waals surface area contributed by atoms with Crippen LogP contribution in [0.25, 0.3) is 0 Å². The molecule has 0 aliphatic rings. The predicted molar refractivity (Wildman–Crippen MR) is 68.4 cm³/mol. The summed E-state index contributed by atoms with van der Waals surface area (Å²) in [6.45, 7) is 2.04. The third-order valence-corrected chi connectivity index (χ3v) is 3.49. The van der Waals surface area contributed by atoms with E-state index in [9.17, 15) is 4.79 Å². The van der Waals surface area contributed by atoms with E-state index in [1.54, 1.807) is 14.1 Å². The lowest BCUT2D eigenvalue weighted by molar-refractivity contribution is 0.172. The van der Waals surface area contributed by atoms with Gasteiger partial charge in [0.1, 0.15) is 18.3 Å². The van der Waals surface area contributed by atoms with Gasteiger partial charge in [-0.05, 0) is 25.1 Å². The summed E-state index contributed by atoms with van der Waals surface area (Å²) in [7, 11) is 3.56. The second-order valence-electron chi connectivity index (χ2n) is 4.01. The van der Waals surface area contributed by atoms with Gasteiger partial charge in [-0.3, -0.25) is 0 Å². The van der Waals surface area contributed by atoms with Crippen molar-refractivity contribution < 1.29 is 9.53 Å². The normalized spacial score (nSPS) is 10.4. The molecule has 0 spiro atoms. The molecule has 0 radical (unpaired) electrons. The molecule has 0 aliphatic carbocycles. The van der Waals surface area contributed by atoms with Gasteiger partial charge in [0.25, 0.3) is 0 Å². The number of rotatable bonds is 2. The molecule has 0 saturated carbocycles. The Morgan fingerprint density at radius 1 is 1.31 bits per heavy atom. The van der Waals surface area contributed by atoms with E-state index in [-0.39, 0.29) is 17.0 Å². The first-order valence-corrected chi connectivity index (χ1v) is 7.03. The monoisotopic (exact) mass is 240 g/mol. The molecule has 0 aromatic heterocycles. The highest BCUT2D eigenvalue weighted by Gasteiger charge is 2.14. The minimum atomic E-state index is -0.348. The summed E-state index contributed by atoms with van der Waals surface area (Å²) < 4.78 is 5.18. The zero-order chi connectivity index (χ0) is 12.3. The van der Waals surface area contributed by atoms with Crippen molar-refractivity contribution in [2.75, 3.05) is 26.6 Å². The van der Waals surface area contributed by atoms with Crippen LogP contribution in [0.15, 0.2) is 23.1 Å². The Morgan fingerprint density at radius 2 is 1.94 bits per heavy atom. The van der Waals surface area contributed by atoms with Crippen molar-refractivity contribution in [3.8, 4) is 5.75 Å². The molecule has 16 heavy (non-hydrogen) atoms. The molecule has 4 heteroatoms. The predicted octanol–water partition coefficient (Wildman–Crippen LogP) is 2.29. The van der Waals surface area contributed by atoms with E-state index in [1.807, 2.05) is 25.1 Å². The van der Waals surface area contributed by atoms with Gasteiger partial charge in [0.2, 0.25) is 0 Å². The molecule has 0 unspecified atom stereocenters. The first kappa shape index (κ1) is 12.9. The van der Waals surface area contributed by atoms with Gasteiger partial charge in [-0.1, -0.05) is 0 Å². The summed E-state index contributed by atoms with van der Waals surface area (Å²) in [5.74, 6) is 0.602. The second-order valence-corrected chi connectivity index (χ2v) is 6.08. The lowest BCUT2D eigenvalue weighted by Gasteiger charge is -2.11. The zero-order valence-corrected chi connectivity index (χ0v) is 11.2. The molecule has 0 fully saturated rings. The fourth-order valence-corrected chi connectivity index (χ4v) is 2.38. The number of carbonyl (C=O) groups is 1. The van der Waals surface area contributed by atoms with Crippen LogP contribution in [-0.4, -0.2) is 37.6 Å². The lowest BCUT2D eigenvalue weighted by atomic mass is 10.2. The smallest absolute Gasteiger partial charge is 0.410 e. The maximum absolute atomic E-state index is 11.3. The molecule has 0 heterocycles. The quantitative estimate of drug-likeness (QED) is 0.742. The Hall–Kier alpha value is -1.16. The summed E-state index contributed by atoms with van der Waals surface area (Å²) in [4.78, 5) is 14.1. The highest BCUT2D eigenvalue weighted by molar-refractivity contribution is 7.95. The van der Waals surface area contributed by atoms with Crippen LogP contribution in [0.2, 0.25) is 0 Å². The number of amides is 1. The van der Waals surface area contributed by atoms with Crippen molar-refractivity contribution in [2.45, 2.75) is 11.8 Å². The number of benzene rings is 1. The van der Waals surface area contributed by atoms with E-state index < -0.39 is 0 Å². The van der Waals surface area contributed by atoms with E-state index in [0.29, 0.717) is 5.75 Å². The molecule has 1 amide bonds. The summed E-state index contributed by atoms with van der Waals surface area (Å²) in [6.07, 6.45) is 4.00. The van der Waals surface area contributed by atoms with Crippen molar-refractivity contribution in [2.24, 2.45) is 0 Å². The van der Waals surface area contributed by atoms with Gasteiger partial charge < -0.3 is 9.64 Å². The Bertz CT molecular complexity index is 389. The molecular weight excluding hydrogens is 222 g/mol. The van der Waals surface area contributed by atoms with E-state index in [2.05, 4.69) is 12.5 Å². The largest absolute Gasteiger partial charge is 0.414 e. The van der Waals surface area contributed by atoms with Gasteiger partial charge in [-0.15, -0.1) is 0 Å². The van der Waals surface area contributed by atoms with Crippen molar-refractivity contribution in [1.29, 1.82) is 0 Å². The van der Waals surface area contributed by atoms with Gasteiger partial charge in [0, 0.05) is 30.6 Å². The van der Waals surface area contributed by atoms with Crippen molar-refractivity contribution in [1.82, 2.24) is 4.90 Å². The molecule has 0 N–H and O–H groups in total. The van der Waals surface area contributed by atoms with E-state index >= 15 is 0 Å². The number of aryl methyl sites for hydroxylation is 1. The van der Waals surface area contributed by atoms with Crippen LogP contribution >= 0.6 is 0 Å². The molecular formula is C12H18NO2S+. The Morgan fingerprint density at radius 3 is 2.38 bits per heavy atom. The number of hydrogen-bond donors (Lipinski definition) is 0. The Balaban J connectivity index is 2.85. The van der Waals surface area contributed by atoms with Gasteiger partial charge in [0.05, 0.1) is 0 Å². The average molecular weight is 240 g/mol. The Labute approximate surface area is 99.7 Å². The molecule has 0 saturated heterocycles. The topological polar surface area (TPSA) is 29.5 Å². The van der Waals surface area contributed by atoms with E-state index in [1.165, 1.54) is 9.80 Å². The summed E-state index contributed by atoms with van der Waals surface area (Å²) in [6, 6.07) is 5.77. The average Bonchev–Trinajstić information content (AvgIpc) is 2.16. The highest BCUT2D eigenvalue weighted by atomic mass is 32.2. The van der Waals surface area contributed by atoms with Crippen LogP contribution in [0.4, 0.5) is 4.79 Å². The lowest BCUT2D eigenvalue weighted by Crippen LogP contribution is -2.25. The van der Waals surface area contributed by atoms with Crippen molar-refractivity contribution >= 4 is 17.0 Å². The Kier molecular flexibility index (Phi) is 4.24. The van der Waals surface area contributed by atoms with Crippen LogP contribution < -0.4 is 4.74 Å². The summed E-state index contributed by atoms with van der Waals surface area (Å²) in [5, 5.41) is 0. The molecule has 3 nitrogen and oxygen atoms in total. The summed E-state index contributed by atoms with van der Waals surface area (Å²) in [5.41, 5.74) is 1.16. The van der Waals surface area contributed by atoms with E-state index in [0.717, 1.165) is 5.56 Å². The highest BCUT2D eigenvalue weighted by Crippen LogP contribution is 2.21. The molecule has 0 aliphatic heterocycles. The number of hydrogen-bond acceptors (Lipinski definition) is 2. The molecule has 0 atom stereocenters. The first-order chi connectivity index (χ1) is 7.41. The van der Waals surface area contributed by atoms with Crippen molar-refractivity contribution in [3.63, 3.8) is 0 Å².